The summed E-state index contributed by atoms with van der Waals surface area (Å²) in [7, 11) is 0. The molecule has 6 heteroatoms. The normalized spacial score (nSPS) is 10.9. The molecular formula is C10H11Cl2N3S. The van der Waals surface area contributed by atoms with Crippen LogP contribution >= 0.6 is 34.5 Å². The average Bonchev–Trinajstić information content (AvgIpc) is 2.70. The summed E-state index contributed by atoms with van der Waals surface area (Å²) in [6.45, 7) is 2.94. The van der Waals surface area contributed by atoms with Gasteiger partial charge >= 0.3 is 0 Å². The minimum atomic E-state index is 0.624. The van der Waals surface area contributed by atoms with Crippen molar-refractivity contribution in [2.45, 2.75) is 19.9 Å². The number of halogens is 2. The third-order valence-electron chi connectivity index (χ3n) is 2.15. The summed E-state index contributed by atoms with van der Waals surface area (Å²) in [4.78, 5) is 0. The van der Waals surface area contributed by atoms with Crippen LogP contribution in [0.3, 0.4) is 0 Å². The Morgan fingerprint density at radius 1 is 1.50 bits per heavy atom. The highest BCUT2D eigenvalue weighted by atomic mass is 35.5. The molecular weight excluding hydrogens is 265 g/mol. The predicted octanol–water partition coefficient (Wildman–Crippen LogP) is 3.91. The van der Waals surface area contributed by atoms with E-state index in [-0.39, 0.29) is 0 Å². The Hall–Kier alpha value is -0.710. The molecule has 2 rings (SSSR count). The van der Waals surface area contributed by atoms with Gasteiger partial charge < -0.3 is 5.73 Å². The third kappa shape index (κ3) is 2.19. The lowest BCUT2D eigenvalue weighted by atomic mass is 10.2. The molecule has 0 saturated carbocycles. The van der Waals surface area contributed by atoms with Crippen LogP contribution in [0.2, 0.25) is 8.67 Å². The van der Waals surface area contributed by atoms with E-state index in [4.69, 9.17) is 28.9 Å². The first-order valence-electron chi connectivity index (χ1n) is 4.90. The fraction of sp³-hybridized carbons (Fsp3) is 0.300. The Balaban J connectivity index is 2.43. The number of aromatic nitrogens is 2. The summed E-state index contributed by atoms with van der Waals surface area (Å²) in [5.41, 5.74) is 8.05. The Labute approximate surface area is 108 Å². The van der Waals surface area contributed by atoms with Crippen LogP contribution in [0.1, 0.15) is 13.3 Å². The van der Waals surface area contributed by atoms with Crippen molar-refractivity contribution in [2.75, 3.05) is 5.73 Å². The van der Waals surface area contributed by atoms with E-state index in [1.165, 1.54) is 11.3 Å². The molecule has 0 fully saturated rings. The van der Waals surface area contributed by atoms with Crippen molar-refractivity contribution in [1.29, 1.82) is 0 Å². The molecule has 2 N–H and O–H groups in total. The van der Waals surface area contributed by atoms with E-state index in [2.05, 4.69) is 12.0 Å². The van der Waals surface area contributed by atoms with Crippen LogP contribution in [0.15, 0.2) is 12.3 Å². The topological polar surface area (TPSA) is 43.8 Å². The van der Waals surface area contributed by atoms with Gasteiger partial charge in [-0.15, -0.1) is 11.3 Å². The second kappa shape index (κ2) is 4.65. The van der Waals surface area contributed by atoms with E-state index >= 15 is 0 Å². The molecule has 0 aliphatic rings. The molecule has 0 amide bonds. The number of nitrogen functional groups attached to an aromatic ring is 1. The molecule has 0 spiro atoms. The van der Waals surface area contributed by atoms with Gasteiger partial charge in [0.05, 0.1) is 10.0 Å². The number of aryl methyl sites for hydroxylation is 1. The van der Waals surface area contributed by atoms with Crippen molar-refractivity contribution in [2.24, 2.45) is 0 Å². The molecule has 0 atom stereocenters. The number of hydrogen-bond donors (Lipinski definition) is 1. The molecule has 0 radical (unpaired) electrons. The molecule has 0 saturated heterocycles. The van der Waals surface area contributed by atoms with Gasteiger partial charge in [0.2, 0.25) is 0 Å². The Morgan fingerprint density at radius 2 is 2.25 bits per heavy atom. The zero-order valence-corrected chi connectivity index (χ0v) is 11.0. The van der Waals surface area contributed by atoms with Gasteiger partial charge in [0, 0.05) is 18.3 Å². The van der Waals surface area contributed by atoms with Gasteiger partial charge in [0.1, 0.15) is 10.0 Å². The van der Waals surface area contributed by atoms with E-state index in [1.54, 1.807) is 6.07 Å². The Bertz CT molecular complexity index is 504. The van der Waals surface area contributed by atoms with Gasteiger partial charge in [-0.2, -0.15) is 5.10 Å². The maximum Gasteiger partial charge on any atom is 0.118 e. The number of nitrogens with two attached hydrogens (primary N) is 1. The van der Waals surface area contributed by atoms with Crippen molar-refractivity contribution in [3.05, 3.63) is 20.9 Å². The number of hydrogen-bond acceptors (Lipinski definition) is 3. The lowest BCUT2D eigenvalue weighted by Crippen LogP contribution is -1.96. The fourth-order valence-corrected chi connectivity index (χ4v) is 2.96. The molecule has 0 aromatic carbocycles. The number of rotatable bonds is 3. The highest BCUT2D eigenvalue weighted by molar-refractivity contribution is 7.20. The molecule has 0 bridgehead atoms. The largest absolute Gasteiger partial charge is 0.396 e. The minimum Gasteiger partial charge on any atom is -0.396 e. The van der Waals surface area contributed by atoms with Gasteiger partial charge in [0.25, 0.3) is 0 Å². The van der Waals surface area contributed by atoms with E-state index in [1.807, 2.05) is 10.9 Å². The van der Waals surface area contributed by atoms with E-state index in [0.29, 0.717) is 20.1 Å². The second-order valence-corrected chi connectivity index (χ2v) is 5.72. The van der Waals surface area contributed by atoms with Gasteiger partial charge in [-0.05, 0) is 12.5 Å². The van der Waals surface area contributed by atoms with Crippen LogP contribution < -0.4 is 5.73 Å². The molecule has 0 aliphatic heterocycles. The summed E-state index contributed by atoms with van der Waals surface area (Å²) in [5, 5.41) is 4.40. The van der Waals surface area contributed by atoms with Gasteiger partial charge in [-0.3, -0.25) is 4.68 Å². The second-order valence-electron chi connectivity index (χ2n) is 3.43. The van der Waals surface area contributed by atoms with E-state index < -0.39 is 0 Å². The van der Waals surface area contributed by atoms with Crippen molar-refractivity contribution < 1.29 is 0 Å². The summed E-state index contributed by atoms with van der Waals surface area (Å²) in [6.07, 6.45) is 2.83. The molecule has 0 unspecified atom stereocenters. The van der Waals surface area contributed by atoms with Gasteiger partial charge in [-0.25, -0.2) is 0 Å². The first kappa shape index (κ1) is 11.8. The van der Waals surface area contributed by atoms with Gasteiger partial charge in [-0.1, -0.05) is 30.1 Å². The monoisotopic (exact) mass is 275 g/mol. The summed E-state index contributed by atoms with van der Waals surface area (Å²) >= 11 is 13.3. The van der Waals surface area contributed by atoms with Crippen LogP contribution in [0.4, 0.5) is 5.69 Å². The first-order valence-corrected chi connectivity index (χ1v) is 6.47. The van der Waals surface area contributed by atoms with Crippen LogP contribution in [0.5, 0.6) is 0 Å². The maximum atomic E-state index is 6.07. The van der Waals surface area contributed by atoms with Crippen molar-refractivity contribution in [3.8, 4) is 11.3 Å². The fourth-order valence-electron chi connectivity index (χ4n) is 1.49. The van der Waals surface area contributed by atoms with Crippen LogP contribution in [-0.2, 0) is 6.54 Å². The smallest absolute Gasteiger partial charge is 0.118 e. The molecule has 2 aromatic heterocycles. The van der Waals surface area contributed by atoms with Crippen molar-refractivity contribution in [3.63, 3.8) is 0 Å². The molecule has 16 heavy (non-hydrogen) atoms. The summed E-state index contributed by atoms with van der Waals surface area (Å²) in [6, 6.07) is 1.80. The zero-order chi connectivity index (χ0) is 11.7. The number of thiophene rings is 1. The van der Waals surface area contributed by atoms with Crippen LogP contribution in [0.25, 0.3) is 11.3 Å². The summed E-state index contributed by atoms with van der Waals surface area (Å²) in [5.74, 6) is 0. The molecule has 2 heterocycles. The summed E-state index contributed by atoms with van der Waals surface area (Å²) < 4.78 is 3.09. The van der Waals surface area contributed by atoms with Crippen LogP contribution in [0, 0.1) is 0 Å². The van der Waals surface area contributed by atoms with Gasteiger partial charge in [0.15, 0.2) is 0 Å². The maximum absolute atomic E-state index is 6.07. The van der Waals surface area contributed by atoms with Crippen molar-refractivity contribution in [1.82, 2.24) is 9.78 Å². The first-order chi connectivity index (χ1) is 7.61. The highest BCUT2D eigenvalue weighted by Crippen LogP contribution is 2.39. The molecule has 2 aromatic rings. The highest BCUT2D eigenvalue weighted by Gasteiger charge is 2.14. The SMILES string of the molecule is CCCn1cc(N)c(-c2cc(Cl)sc2Cl)n1. The van der Waals surface area contributed by atoms with Crippen LogP contribution in [-0.4, -0.2) is 9.78 Å². The molecule has 0 aliphatic carbocycles. The van der Waals surface area contributed by atoms with E-state index in [0.717, 1.165) is 18.5 Å². The third-order valence-corrected chi connectivity index (χ3v) is 3.64. The lowest BCUT2D eigenvalue weighted by molar-refractivity contribution is 0.605. The molecule has 3 nitrogen and oxygen atoms in total. The lowest BCUT2D eigenvalue weighted by Gasteiger charge is -1.96. The zero-order valence-electron chi connectivity index (χ0n) is 8.70. The standard InChI is InChI=1S/C10H11Cl2N3S/c1-2-3-15-5-7(13)9(14-15)6-4-8(11)16-10(6)12/h4-5H,2-3,13H2,1H3. The number of anilines is 1. The average molecular weight is 276 g/mol. The quantitative estimate of drug-likeness (QED) is 0.923. The minimum absolute atomic E-state index is 0.624. The molecule has 86 valence electrons. The Kier molecular flexibility index (Phi) is 3.42. The van der Waals surface area contributed by atoms with E-state index in [9.17, 15) is 0 Å². The van der Waals surface area contributed by atoms with Crippen molar-refractivity contribution >= 4 is 40.2 Å². The predicted molar refractivity (Wildman–Crippen MR) is 70.3 cm³/mol. The Morgan fingerprint density at radius 3 is 2.81 bits per heavy atom. The number of nitrogens with zero attached hydrogens (tertiary/aromatic N) is 2.